The number of hydrogen-bond donors (Lipinski definition) is 1. The second-order valence-electron chi connectivity index (χ2n) is 7.08. The molecule has 0 fully saturated rings. The molecule has 0 aliphatic heterocycles. The van der Waals surface area contributed by atoms with Crippen LogP contribution in [0.15, 0.2) is 40.9 Å². The first-order valence-electron chi connectivity index (χ1n) is 9.34. The zero-order valence-corrected chi connectivity index (χ0v) is 17.3. The van der Waals surface area contributed by atoms with Crippen molar-refractivity contribution in [1.29, 1.82) is 0 Å². The summed E-state index contributed by atoms with van der Waals surface area (Å²) in [6.45, 7) is 5.63. The standard InChI is InChI=1S/C21H20N4O6/c1-11(2)18-23-20(31-24-18)16-7-5-6-12(3)17(16)22-19(26)13-8-14(21(27)30-4)10-15(9-13)25(28)29/h5-11H,1-4H3,(H,22,26). The fourth-order valence-corrected chi connectivity index (χ4v) is 2.86. The molecule has 0 unspecified atom stereocenters. The van der Waals surface area contributed by atoms with E-state index in [1.54, 1.807) is 25.1 Å². The number of nitrogens with one attached hydrogen (secondary N) is 1. The van der Waals surface area contributed by atoms with Gasteiger partial charge in [0.15, 0.2) is 5.82 Å². The van der Waals surface area contributed by atoms with E-state index < -0.39 is 22.5 Å². The highest BCUT2D eigenvalue weighted by Gasteiger charge is 2.21. The number of aromatic nitrogens is 2. The summed E-state index contributed by atoms with van der Waals surface area (Å²) in [4.78, 5) is 39.7. The molecule has 0 aliphatic carbocycles. The summed E-state index contributed by atoms with van der Waals surface area (Å²) in [7, 11) is 1.15. The van der Waals surface area contributed by atoms with E-state index in [1.165, 1.54) is 6.07 Å². The van der Waals surface area contributed by atoms with Crippen LogP contribution >= 0.6 is 0 Å². The Kier molecular flexibility index (Phi) is 6.10. The molecule has 0 aliphatic rings. The second kappa shape index (κ2) is 8.74. The number of methoxy groups -OCH3 is 1. The lowest BCUT2D eigenvalue weighted by Crippen LogP contribution is -2.15. The topological polar surface area (TPSA) is 137 Å². The van der Waals surface area contributed by atoms with Crippen molar-refractivity contribution >= 4 is 23.3 Å². The Labute approximate surface area is 177 Å². The molecule has 0 radical (unpaired) electrons. The summed E-state index contributed by atoms with van der Waals surface area (Å²) < 4.78 is 9.97. The number of anilines is 1. The molecule has 10 nitrogen and oxygen atoms in total. The molecular formula is C21H20N4O6. The number of amides is 1. The molecule has 0 saturated carbocycles. The van der Waals surface area contributed by atoms with Crippen LogP contribution in [-0.2, 0) is 4.74 Å². The first kappa shape index (κ1) is 21.6. The molecule has 1 amide bonds. The van der Waals surface area contributed by atoms with Gasteiger partial charge in [0.2, 0.25) is 0 Å². The van der Waals surface area contributed by atoms with Gasteiger partial charge in [0.25, 0.3) is 17.5 Å². The predicted molar refractivity (Wildman–Crippen MR) is 111 cm³/mol. The Morgan fingerprint density at radius 1 is 1.19 bits per heavy atom. The maximum atomic E-state index is 12.9. The van der Waals surface area contributed by atoms with Gasteiger partial charge in [0.1, 0.15) is 0 Å². The van der Waals surface area contributed by atoms with Crippen molar-refractivity contribution in [3.05, 3.63) is 69.0 Å². The van der Waals surface area contributed by atoms with Gasteiger partial charge >= 0.3 is 5.97 Å². The van der Waals surface area contributed by atoms with Gasteiger partial charge in [-0.25, -0.2) is 4.79 Å². The normalized spacial score (nSPS) is 10.7. The number of carbonyl (C=O) groups is 2. The molecule has 3 aromatic rings. The van der Waals surface area contributed by atoms with Crippen LogP contribution in [0.3, 0.4) is 0 Å². The molecular weight excluding hydrogens is 404 g/mol. The minimum absolute atomic E-state index is 0.0574. The number of ether oxygens (including phenoxy) is 1. The van der Waals surface area contributed by atoms with Crippen LogP contribution in [0.1, 0.15) is 51.9 Å². The molecule has 3 rings (SSSR count). The van der Waals surface area contributed by atoms with Crippen LogP contribution in [0.5, 0.6) is 0 Å². The van der Waals surface area contributed by atoms with E-state index in [1.807, 2.05) is 13.8 Å². The molecule has 0 saturated heterocycles. The van der Waals surface area contributed by atoms with Gasteiger partial charge in [-0.1, -0.05) is 31.1 Å². The van der Waals surface area contributed by atoms with Crippen molar-refractivity contribution in [3.8, 4) is 11.5 Å². The van der Waals surface area contributed by atoms with E-state index in [-0.39, 0.29) is 22.9 Å². The number of benzene rings is 2. The molecule has 1 heterocycles. The Balaban J connectivity index is 2.01. The van der Waals surface area contributed by atoms with Gasteiger partial charge in [-0.2, -0.15) is 4.98 Å². The number of nitrogens with zero attached hydrogens (tertiary/aromatic N) is 3. The van der Waals surface area contributed by atoms with E-state index in [0.717, 1.165) is 19.2 Å². The van der Waals surface area contributed by atoms with Crippen molar-refractivity contribution in [2.24, 2.45) is 0 Å². The van der Waals surface area contributed by atoms with Crippen molar-refractivity contribution in [2.45, 2.75) is 26.7 Å². The number of para-hydroxylation sites is 1. The van der Waals surface area contributed by atoms with Crippen LogP contribution in [0.25, 0.3) is 11.5 Å². The van der Waals surface area contributed by atoms with E-state index in [9.17, 15) is 19.7 Å². The number of non-ortho nitro benzene ring substituents is 1. The minimum atomic E-state index is -0.790. The van der Waals surface area contributed by atoms with Crippen LogP contribution in [0, 0.1) is 17.0 Å². The number of carbonyl (C=O) groups excluding carboxylic acids is 2. The highest BCUT2D eigenvalue weighted by molar-refractivity contribution is 6.08. The number of esters is 1. The molecule has 1 N–H and O–H groups in total. The Morgan fingerprint density at radius 3 is 2.52 bits per heavy atom. The highest BCUT2D eigenvalue weighted by atomic mass is 16.6. The lowest BCUT2D eigenvalue weighted by atomic mass is 10.1. The van der Waals surface area contributed by atoms with Gasteiger partial charge in [-0.15, -0.1) is 0 Å². The summed E-state index contributed by atoms with van der Waals surface area (Å²) in [5.41, 5.74) is 1.05. The SMILES string of the molecule is COC(=O)c1cc(C(=O)Nc2c(C)cccc2-c2nc(C(C)C)no2)cc([N+](=O)[O-])c1. The summed E-state index contributed by atoms with van der Waals surface area (Å²) in [6.07, 6.45) is 0. The van der Waals surface area contributed by atoms with E-state index in [2.05, 4.69) is 20.2 Å². The molecule has 160 valence electrons. The number of nitro benzene ring substituents is 1. The van der Waals surface area contributed by atoms with Crippen molar-refractivity contribution in [3.63, 3.8) is 0 Å². The van der Waals surface area contributed by atoms with Crippen LogP contribution in [-0.4, -0.2) is 34.1 Å². The van der Waals surface area contributed by atoms with Gasteiger partial charge in [0, 0.05) is 23.6 Å². The van der Waals surface area contributed by atoms with Crippen molar-refractivity contribution in [2.75, 3.05) is 12.4 Å². The lowest BCUT2D eigenvalue weighted by Gasteiger charge is -2.12. The molecule has 2 aromatic carbocycles. The number of rotatable bonds is 6. The van der Waals surface area contributed by atoms with Crippen molar-refractivity contribution in [1.82, 2.24) is 10.1 Å². The third-order valence-corrected chi connectivity index (χ3v) is 4.51. The Hall–Kier alpha value is -4.08. The highest BCUT2D eigenvalue weighted by Crippen LogP contribution is 2.31. The molecule has 10 heteroatoms. The molecule has 1 aromatic heterocycles. The number of hydrogen-bond acceptors (Lipinski definition) is 8. The van der Waals surface area contributed by atoms with Crippen LogP contribution in [0.2, 0.25) is 0 Å². The third kappa shape index (κ3) is 4.58. The summed E-state index contributed by atoms with van der Waals surface area (Å²) >= 11 is 0. The summed E-state index contributed by atoms with van der Waals surface area (Å²) in [5.74, 6) is -0.622. The maximum Gasteiger partial charge on any atom is 0.338 e. The largest absolute Gasteiger partial charge is 0.465 e. The fraction of sp³-hybridized carbons (Fsp3) is 0.238. The van der Waals surface area contributed by atoms with Crippen molar-refractivity contribution < 1.29 is 23.8 Å². The summed E-state index contributed by atoms with van der Waals surface area (Å²) in [5, 5.41) is 17.9. The smallest absolute Gasteiger partial charge is 0.338 e. The Bertz CT molecular complexity index is 1170. The minimum Gasteiger partial charge on any atom is -0.465 e. The number of nitro groups is 1. The average Bonchev–Trinajstić information content (AvgIpc) is 3.24. The van der Waals surface area contributed by atoms with E-state index in [0.29, 0.717) is 22.6 Å². The fourth-order valence-electron chi connectivity index (χ4n) is 2.86. The quantitative estimate of drug-likeness (QED) is 0.354. The molecule has 0 atom stereocenters. The van der Waals surface area contributed by atoms with Crippen LogP contribution < -0.4 is 5.32 Å². The lowest BCUT2D eigenvalue weighted by molar-refractivity contribution is -0.384. The zero-order valence-electron chi connectivity index (χ0n) is 17.3. The monoisotopic (exact) mass is 424 g/mol. The first-order valence-corrected chi connectivity index (χ1v) is 9.34. The van der Waals surface area contributed by atoms with Gasteiger partial charge in [-0.3, -0.25) is 14.9 Å². The van der Waals surface area contributed by atoms with Crippen LogP contribution in [0.4, 0.5) is 11.4 Å². The maximum absolute atomic E-state index is 12.9. The van der Waals surface area contributed by atoms with Gasteiger partial charge in [0.05, 0.1) is 28.8 Å². The second-order valence-corrected chi connectivity index (χ2v) is 7.08. The molecule has 31 heavy (non-hydrogen) atoms. The molecule has 0 spiro atoms. The first-order chi connectivity index (χ1) is 14.7. The van der Waals surface area contributed by atoms with E-state index in [4.69, 9.17) is 4.52 Å². The van der Waals surface area contributed by atoms with Gasteiger partial charge in [-0.05, 0) is 24.6 Å². The summed E-state index contributed by atoms with van der Waals surface area (Å²) in [6, 6.07) is 8.65. The zero-order chi connectivity index (χ0) is 22.7. The van der Waals surface area contributed by atoms with Gasteiger partial charge < -0.3 is 14.6 Å². The average molecular weight is 424 g/mol. The predicted octanol–water partition coefficient (Wildman–Crippen LogP) is 4.12. The molecule has 0 bridgehead atoms. The third-order valence-electron chi connectivity index (χ3n) is 4.51. The number of aryl methyl sites for hydroxylation is 1. The Morgan fingerprint density at radius 2 is 1.90 bits per heavy atom. The van der Waals surface area contributed by atoms with E-state index >= 15 is 0 Å².